The average molecular weight is 575 g/mol. The molecule has 0 amide bonds. The zero-order chi connectivity index (χ0) is 19.9. The highest BCUT2D eigenvalue weighted by molar-refractivity contribution is 14.0. The van der Waals surface area contributed by atoms with Gasteiger partial charge in [0, 0.05) is 41.4 Å². The lowest BCUT2D eigenvalue weighted by molar-refractivity contribution is 0.370. The molecule has 158 valence electrons. The van der Waals surface area contributed by atoms with E-state index in [-0.39, 0.29) is 29.7 Å². The summed E-state index contributed by atoms with van der Waals surface area (Å²) < 4.78 is 6.26. The SMILES string of the molecule is CCNC(=NCc1cccc(OC)c1O)NC1CCN(c2ccc(Br)cc2)C1.I. The molecule has 2 aromatic rings. The van der Waals surface area contributed by atoms with Crippen LogP contribution in [0.2, 0.25) is 0 Å². The van der Waals surface area contributed by atoms with Crippen LogP contribution in [-0.2, 0) is 6.54 Å². The number of aliphatic imine (C=N–C) groups is 1. The van der Waals surface area contributed by atoms with Gasteiger partial charge in [-0.1, -0.05) is 28.1 Å². The lowest BCUT2D eigenvalue weighted by Crippen LogP contribution is -2.44. The minimum Gasteiger partial charge on any atom is -0.504 e. The Hall–Kier alpha value is -1.68. The predicted molar refractivity (Wildman–Crippen MR) is 133 cm³/mol. The topological polar surface area (TPSA) is 69.1 Å². The van der Waals surface area contributed by atoms with E-state index in [0.29, 0.717) is 18.3 Å². The van der Waals surface area contributed by atoms with Crippen molar-refractivity contribution in [2.45, 2.75) is 25.9 Å². The van der Waals surface area contributed by atoms with Crippen LogP contribution in [0.1, 0.15) is 18.9 Å². The number of aromatic hydroxyl groups is 1. The van der Waals surface area contributed by atoms with Gasteiger partial charge in [-0.2, -0.15) is 0 Å². The van der Waals surface area contributed by atoms with Crippen molar-refractivity contribution in [3.63, 3.8) is 0 Å². The second kappa shape index (κ2) is 11.5. The maximum absolute atomic E-state index is 10.3. The van der Waals surface area contributed by atoms with Crippen LogP contribution in [0.15, 0.2) is 51.9 Å². The summed E-state index contributed by atoms with van der Waals surface area (Å²) in [6.45, 7) is 5.13. The van der Waals surface area contributed by atoms with Crippen molar-refractivity contribution in [2.75, 3.05) is 31.6 Å². The number of hydrogen-bond acceptors (Lipinski definition) is 4. The van der Waals surface area contributed by atoms with Crippen molar-refractivity contribution < 1.29 is 9.84 Å². The first-order chi connectivity index (χ1) is 13.6. The molecule has 3 N–H and O–H groups in total. The Kier molecular flexibility index (Phi) is 9.35. The van der Waals surface area contributed by atoms with E-state index in [2.05, 4.69) is 60.7 Å². The zero-order valence-electron chi connectivity index (χ0n) is 16.7. The number of phenols is 1. The van der Waals surface area contributed by atoms with Crippen LogP contribution in [0.4, 0.5) is 5.69 Å². The second-order valence-electron chi connectivity index (χ2n) is 6.72. The summed E-state index contributed by atoms with van der Waals surface area (Å²) in [6, 6.07) is 14.2. The molecule has 1 aliphatic rings. The van der Waals surface area contributed by atoms with Gasteiger partial charge in [-0.15, -0.1) is 24.0 Å². The van der Waals surface area contributed by atoms with Crippen LogP contribution >= 0.6 is 39.9 Å². The van der Waals surface area contributed by atoms with Crippen LogP contribution in [-0.4, -0.2) is 43.9 Å². The van der Waals surface area contributed by atoms with Crippen molar-refractivity contribution in [3.8, 4) is 11.5 Å². The third kappa shape index (κ3) is 6.40. The Bertz CT molecular complexity index is 817. The van der Waals surface area contributed by atoms with E-state index >= 15 is 0 Å². The fourth-order valence-electron chi connectivity index (χ4n) is 3.30. The lowest BCUT2D eigenvalue weighted by Gasteiger charge is -2.20. The first kappa shape index (κ1) is 23.6. The summed E-state index contributed by atoms with van der Waals surface area (Å²) in [5.41, 5.74) is 1.97. The molecule has 0 spiro atoms. The maximum Gasteiger partial charge on any atom is 0.191 e. The van der Waals surface area contributed by atoms with Gasteiger partial charge in [0.05, 0.1) is 13.7 Å². The Morgan fingerprint density at radius 1 is 1.28 bits per heavy atom. The molecule has 29 heavy (non-hydrogen) atoms. The van der Waals surface area contributed by atoms with Crippen LogP contribution in [0.25, 0.3) is 0 Å². The van der Waals surface area contributed by atoms with E-state index in [1.54, 1.807) is 13.2 Å². The van der Waals surface area contributed by atoms with E-state index < -0.39 is 0 Å². The van der Waals surface area contributed by atoms with Gasteiger partial charge in [0.1, 0.15) is 0 Å². The van der Waals surface area contributed by atoms with Gasteiger partial charge in [-0.25, -0.2) is 4.99 Å². The predicted octanol–water partition coefficient (Wildman–Crippen LogP) is 4.12. The second-order valence-corrected chi connectivity index (χ2v) is 7.63. The molecule has 0 radical (unpaired) electrons. The van der Waals surface area contributed by atoms with Crippen LogP contribution in [0, 0.1) is 0 Å². The summed E-state index contributed by atoms with van der Waals surface area (Å²) in [6.07, 6.45) is 1.05. The Morgan fingerprint density at radius 2 is 2.03 bits per heavy atom. The first-order valence-electron chi connectivity index (χ1n) is 9.51. The number of ether oxygens (including phenoxy) is 1. The van der Waals surface area contributed by atoms with Gasteiger partial charge in [-0.3, -0.25) is 0 Å². The van der Waals surface area contributed by atoms with E-state index in [9.17, 15) is 5.11 Å². The number of rotatable bonds is 6. The highest BCUT2D eigenvalue weighted by Crippen LogP contribution is 2.29. The van der Waals surface area contributed by atoms with E-state index in [1.165, 1.54) is 5.69 Å². The molecule has 1 fully saturated rings. The molecule has 1 unspecified atom stereocenters. The number of benzene rings is 2. The van der Waals surface area contributed by atoms with Gasteiger partial charge in [0.2, 0.25) is 0 Å². The van der Waals surface area contributed by atoms with E-state index in [4.69, 9.17) is 4.74 Å². The maximum atomic E-state index is 10.3. The summed E-state index contributed by atoms with van der Waals surface area (Å²) in [5.74, 6) is 1.37. The molecule has 0 saturated carbocycles. The van der Waals surface area contributed by atoms with E-state index in [0.717, 1.165) is 42.1 Å². The largest absolute Gasteiger partial charge is 0.504 e. The number of phenolic OH excluding ortho intramolecular Hbond substituents is 1. The van der Waals surface area contributed by atoms with Gasteiger partial charge < -0.3 is 25.4 Å². The smallest absolute Gasteiger partial charge is 0.191 e. The van der Waals surface area contributed by atoms with E-state index in [1.807, 2.05) is 19.1 Å². The Balaban J connectivity index is 0.00000300. The molecule has 0 aromatic heterocycles. The number of guanidine groups is 1. The molecule has 1 saturated heterocycles. The van der Waals surface area contributed by atoms with Crippen LogP contribution in [0.5, 0.6) is 11.5 Å². The molecule has 2 aromatic carbocycles. The van der Waals surface area contributed by atoms with Gasteiger partial charge in [0.25, 0.3) is 0 Å². The number of methoxy groups -OCH3 is 1. The lowest BCUT2D eigenvalue weighted by atomic mass is 10.2. The average Bonchev–Trinajstić information content (AvgIpc) is 3.16. The molecule has 1 heterocycles. The minimum atomic E-state index is 0. The molecule has 0 bridgehead atoms. The quantitative estimate of drug-likeness (QED) is 0.275. The molecule has 3 rings (SSSR count). The molecule has 1 aliphatic heterocycles. The highest BCUT2D eigenvalue weighted by atomic mass is 127. The number of anilines is 1. The van der Waals surface area contributed by atoms with Crippen molar-refractivity contribution in [3.05, 3.63) is 52.5 Å². The van der Waals surface area contributed by atoms with Gasteiger partial charge in [-0.05, 0) is 43.7 Å². The van der Waals surface area contributed by atoms with Crippen molar-refractivity contribution in [1.29, 1.82) is 0 Å². The number of para-hydroxylation sites is 1. The molecular weight excluding hydrogens is 547 g/mol. The standard InChI is InChI=1S/C21H27BrN4O2.HI/c1-3-23-21(24-13-15-5-4-6-19(28-2)20(15)27)25-17-11-12-26(14-17)18-9-7-16(22)8-10-18;/h4-10,17,27H,3,11-14H2,1-2H3,(H2,23,24,25);1H. The summed E-state index contributed by atoms with van der Waals surface area (Å²) in [7, 11) is 1.55. The third-order valence-electron chi connectivity index (χ3n) is 4.78. The zero-order valence-corrected chi connectivity index (χ0v) is 20.6. The number of halogens is 2. The summed E-state index contributed by atoms with van der Waals surface area (Å²) in [5, 5.41) is 17.1. The van der Waals surface area contributed by atoms with Crippen molar-refractivity contribution in [2.24, 2.45) is 4.99 Å². The van der Waals surface area contributed by atoms with Crippen LogP contribution < -0.4 is 20.3 Å². The minimum absolute atomic E-state index is 0. The molecule has 0 aliphatic carbocycles. The molecule has 6 nitrogen and oxygen atoms in total. The summed E-state index contributed by atoms with van der Waals surface area (Å²) >= 11 is 3.49. The van der Waals surface area contributed by atoms with Crippen LogP contribution in [0.3, 0.4) is 0 Å². The monoisotopic (exact) mass is 574 g/mol. The fraction of sp³-hybridized carbons (Fsp3) is 0.381. The number of hydrogen-bond donors (Lipinski definition) is 3. The highest BCUT2D eigenvalue weighted by Gasteiger charge is 2.23. The Morgan fingerprint density at radius 3 is 2.72 bits per heavy atom. The first-order valence-corrected chi connectivity index (χ1v) is 10.3. The number of nitrogens with zero attached hydrogens (tertiary/aromatic N) is 2. The molecule has 1 atom stereocenters. The van der Waals surface area contributed by atoms with Crippen molar-refractivity contribution in [1.82, 2.24) is 10.6 Å². The van der Waals surface area contributed by atoms with Crippen molar-refractivity contribution >= 4 is 51.6 Å². The molecule has 8 heteroatoms. The fourth-order valence-corrected chi connectivity index (χ4v) is 3.57. The number of nitrogens with one attached hydrogen (secondary N) is 2. The van der Waals surface area contributed by atoms with Gasteiger partial charge >= 0.3 is 0 Å². The Labute approximate surface area is 197 Å². The molecular formula is C21H28BrIN4O2. The normalized spacial score (nSPS) is 16.3. The van der Waals surface area contributed by atoms with Gasteiger partial charge in [0.15, 0.2) is 17.5 Å². The third-order valence-corrected chi connectivity index (χ3v) is 5.30. The summed E-state index contributed by atoms with van der Waals surface area (Å²) in [4.78, 5) is 7.02.